The Balaban J connectivity index is 2.47. The Morgan fingerprint density at radius 1 is 1.19 bits per heavy atom. The van der Waals surface area contributed by atoms with Gasteiger partial charge >= 0.3 is 6.18 Å². The maximum absolute atomic E-state index is 13.4. The SMILES string of the molecule is Fc1cc([C@H](NS)c2ccc(Cl)cn2)cc(C(F)(F)F)c1. The Morgan fingerprint density at radius 3 is 2.43 bits per heavy atom. The normalized spacial score (nSPS) is 13.2. The van der Waals surface area contributed by atoms with Crippen LogP contribution in [0.25, 0.3) is 0 Å². The number of halogens is 5. The average molecular weight is 337 g/mol. The molecule has 0 amide bonds. The number of hydrogen-bond donors (Lipinski definition) is 2. The van der Waals surface area contributed by atoms with E-state index in [0.29, 0.717) is 16.8 Å². The van der Waals surface area contributed by atoms with Crippen LogP contribution in [0.3, 0.4) is 0 Å². The summed E-state index contributed by atoms with van der Waals surface area (Å²) < 4.78 is 54.1. The van der Waals surface area contributed by atoms with Crippen LogP contribution in [-0.2, 0) is 6.18 Å². The molecule has 112 valence electrons. The van der Waals surface area contributed by atoms with Crippen LogP contribution in [0.15, 0.2) is 36.5 Å². The van der Waals surface area contributed by atoms with Gasteiger partial charge in [0.1, 0.15) is 5.82 Å². The van der Waals surface area contributed by atoms with E-state index in [1.54, 1.807) is 0 Å². The number of benzene rings is 1. The maximum atomic E-state index is 13.4. The lowest BCUT2D eigenvalue weighted by molar-refractivity contribution is -0.137. The van der Waals surface area contributed by atoms with Crippen LogP contribution < -0.4 is 4.72 Å². The van der Waals surface area contributed by atoms with Gasteiger partial charge < -0.3 is 0 Å². The summed E-state index contributed by atoms with van der Waals surface area (Å²) in [5.74, 6) is -0.984. The van der Waals surface area contributed by atoms with Gasteiger partial charge in [0.15, 0.2) is 0 Å². The topological polar surface area (TPSA) is 24.9 Å². The Kier molecular flexibility index (Phi) is 4.75. The molecule has 21 heavy (non-hydrogen) atoms. The number of rotatable bonds is 3. The van der Waals surface area contributed by atoms with Gasteiger partial charge in [-0.15, -0.1) is 0 Å². The van der Waals surface area contributed by atoms with Crippen molar-refractivity contribution in [2.24, 2.45) is 0 Å². The number of nitrogens with one attached hydrogen (secondary N) is 1. The maximum Gasteiger partial charge on any atom is 0.416 e. The number of hydrogen-bond acceptors (Lipinski definition) is 3. The van der Waals surface area contributed by atoms with Crippen LogP contribution in [0.5, 0.6) is 0 Å². The van der Waals surface area contributed by atoms with E-state index in [1.165, 1.54) is 18.3 Å². The summed E-state index contributed by atoms with van der Waals surface area (Å²) in [5.41, 5.74) is -0.639. The second-order valence-electron chi connectivity index (χ2n) is 4.23. The molecule has 0 aliphatic carbocycles. The van der Waals surface area contributed by atoms with Crippen molar-refractivity contribution in [3.05, 3.63) is 64.2 Å². The predicted octanol–water partition coefficient (Wildman–Crippen LogP) is 4.42. The highest BCUT2D eigenvalue weighted by Crippen LogP contribution is 2.33. The first-order valence-corrected chi connectivity index (χ1v) is 6.52. The number of thiol groups is 1. The lowest BCUT2D eigenvalue weighted by Crippen LogP contribution is -2.16. The molecule has 2 rings (SSSR count). The Morgan fingerprint density at radius 2 is 1.90 bits per heavy atom. The molecule has 0 unspecified atom stereocenters. The van der Waals surface area contributed by atoms with Crippen LogP contribution >= 0.6 is 24.4 Å². The smallest absolute Gasteiger partial charge is 0.258 e. The first-order chi connectivity index (χ1) is 9.81. The van der Waals surface area contributed by atoms with E-state index >= 15 is 0 Å². The highest BCUT2D eigenvalue weighted by Gasteiger charge is 2.32. The molecule has 1 heterocycles. The molecule has 0 fully saturated rings. The molecule has 8 heteroatoms. The van der Waals surface area contributed by atoms with Crippen LogP contribution in [0.4, 0.5) is 17.6 Å². The van der Waals surface area contributed by atoms with Gasteiger partial charge in [-0.2, -0.15) is 13.2 Å². The summed E-state index contributed by atoms with van der Waals surface area (Å²) in [6.45, 7) is 0. The van der Waals surface area contributed by atoms with Gasteiger partial charge in [-0.1, -0.05) is 24.4 Å². The fourth-order valence-electron chi connectivity index (χ4n) is 1.81. The minimum Gasteiger partial charge on any atom is -0.258 e. The third kappa shape index (κ3) is 3.87. The van der Waals surface area contributed by atoms with Gasteiger partial charge in [0.2, 0.25) is 0 Å². The zero-order valence-corrected chi connectivity index (χ0v) is 12.0. The summed E-state index contributed by atoms with van der Waals surface area (Å²) >= 11 is 9.58. The van der Waals surface area contributed by atoms with Gasteiger partial charge in [0.25, 0.3) is 0 Å². The summed E-state index contributed by atoms with van der Waals surface area (Å²) in [5, 5.41) is 0.381. The Labute approximate surface area is 128 Å². The van der Waals surface area contributed by atoms with Crippen molar-refractivity contribution in [2.75, 3.05) is 0 Å². The first kappa shape index (κ1) is 16.1. The fraction of sp³-hybridized carbons (Fsp3) is 0.154. The van der Waals surface area contributed by atoms with Crippen LogP contribution in [-0.4, -0.2) is 4.98 Å². The Bertz CT molecular complexity index is 631. The molecule has 0 aliphatic heterocycles. The van der Waals surface area contributed by atoms with E-state index in [9.17, 15) is 17.6 Å². The number of alkyl halides is 3. The first-order valence-electron chi connectivity index (χ1n) is 5.70. The van der Waals surface area contributed by atoms with E-state index in [1.807, 2.05) is 0 Å². The highest BCUT2D eigenvalue weighted by atomic mass is 35.5. The lowest BCUT2D eigenvalue weighted by atomic mass is 10.0. The minimum atomic E-state index is -4.63. The molecule has 0 radical (unpaired) electrons. The standard InChI is InChI=1S/C13H9ClF4N2S/c14-9-1-2-11(19-6-9)12(20-21)7-3-8(13(16,17)18)5-10(15)4-7/h1-6,12,20-21H/t12-/m0/s1. The summed E-state index contributed by atoms with van der Waals surface area (Å²) in [6.07, 6.45) is -3.29. The molecule has 2 aromatic rings. The summed E-state index contributed by atoms with van der Waals surface area (Å²) in [7, 11) is 0. The number of aromatic nitrogens is 1. The molecule has 0 saturated heterocycles. The molecule has 2 nitrogen and oxygen atoms in total. The van der Waals surface area contributed by atoms with Gasteiger partial charge in [-0.3, -0.25) is 9.71 Å². The number of pyridine rings is 1. The second kappa shape index (κ2) is 6.21. The van der Waals surface area contributed by atoms with Crippen molar-refractivity contribution in [1.29, 1.82) is 0 Å². The van der Waals surface area contributed by atoms with E-state index in [4.69, 9.17) is 11.6 Å². The van der Waals surface area contributed by atoms with Crippen LogP contribution in [0.1, 0.15) is 22.9 Å². The second-order valence-corrected chi connectivity index (χ2v) is 4.93. The average Bonchev–Trinajstić information content (AvgIpc) is 2.40. The third-order valence-corrected chi connectivity index (χ3v) is 3.24. The molecule has 1 atom stereocenters. The van der Waals surface area contributed by atoms with E-state index < -0.39 is 23.6 Å². The quantitative estimate of drug-likeness (QED) is 0.641. The van der Waals surface area contributed by atoms with Crippen LogP contribution in [0, 0.1) is 5.82 Å². The van der Waals surface area contributed by atoms with Crippen molar-refractivity contribution in [1.82, 2.24) is 9.71 Å². The van der Waals surface area contributed by atoms with Crippen LogP contribution in [0.2, 0.25) is 5.02 Å². The van der Waals surface area contributed by atoms with Gasteiger partial charge in [-0.05, 0) is 35.9 Å². The van der Waals surface area contributed by atoms with Gasteiger partial charge in [0, 0.05) is 6.20 Å². The largest absolute Gasteiger partial charge is 0.416 e. The van der Waals surface area contributed by atoms with E-state index in [-0.39, 0.29) is 5.56 Å². The summed E-state index contributed by atoms with van der Waals surface area (Å²) in [4.78, 5) is 4.00. The molecule has 0 spiro atoms. The minimum absolute atomic E-state index is 0.0622. The van der Waals surface area contributed by atoms with Crippen molar-refractivity contribution < 1.29 is 17.6 Å². The molecule has 1 aromatic carbocycles. The van der Waals surface area contributed by atoms with E-state index in [0.717, 1.165) is 12.1 Å². The molecule has 0 saturated carbocycles. The highest BCUT2D eigenvalue weighted by molar-refractivity contribution is 7.78. The van der Waals surface area contributed by atoms with Gasteiger partial charge in [0.05, 0.1) is 22.3 Å². The van der Waals surface area contributed by atoms with Crippen molar-refractivity contribution in [3.63, 3.8) is 0 Å². The lowest BCUT2D eigenvalue weighted by Gasteiger charge is -2.17. The van der Waals surface area contributed by atoms with Crippen molar-refractivity contribution in [3.8, 4) is 0 Å². The molecule has 1 aromatic heterocycles. The number of nitrogens with zero attached hydrogens (tertiary/aromatic N) is 1. The van der Waals surface area contributed by atoms with Crippen molar-refractivity contribution in [2.45, 2.75) is 12.2 Å². The molecule has 0 aliphatic rings. The predicted molar refractivity (Wildman–Crippen MR) is 74.6 cm³/mol. The van der Waals surface area contributed by atoms with E-state index in [2.05, 4.69) is 22.5 Å². The zero-order chi connectivity index (χ0) is 15.6. The van der Waals surface area contributed by atoms with Crippen molar-refractivity contribution >= 4 is 24.4 Å². The summed E-state index contributed by atoms with van der Waals surface area (Å²) in [6, 6.07) is 4.55. The molecule has 1 N–H and O–H groups in total. The zero-order valence-electron chi connectivity index (χ0n) is 10.3. The van der Waals surface area contributed by atoms with Gasteiger partial charge in [-0.25, -0.2) is 4.39 Å². The molecular formula is C13H9ClF4N2S. The third-order valence-electron chi connectivity index (χ3n) is 2.76. The monoisotopic (exact) mass is 336 g/mol. The molecular weight excluding hydrogens is 328 g/mol. The molecule has 0 bridgehead atoms. The Hall–Kier alpha value is -1.31. The fourth-order valence-corrected chi connectivity index (χ4v) is 2.21.